The minimum absolute atomic E-state index is 0.137. The van der Waals surface area contributed by atoms with Gasteiger partial charge in [0.2, 0.25) is 5.75 Å². The Labute approximate surface area is 202 Å². The van der Waals surface area contributed by atoms with Crippen molar-refractivity contribution >= 4 is 51.7 Å². The van der Waals surface area contributed by atoms with Crippen LogP contribution in [-0.4, -0.2) is 25.0 Å². The molecule has 0 radical (unpaired) electrons. The largest absolute Gasteiger partial charge is 0.450 e. The molecule has 3 aromatic rings. The van der Waals surface area contributed by atoms with E-state index in [1.54, 1.807) is 30.3 Å². The van der Waals surface area contributed by atoms with Crippen molar-refractivity contribution in [2.24, 2.45) is 0 Å². The summed E-state index contributed by atoms with van der Waals surface area (Å²) in [5.41, 5.74) is 0.647. The number of nitro benzene ring substituents is 2. The summed E-state index contributed by atoms with van der Waals surface area (Å²) >= 11 is 6.57. The average Bonchev–Trinajstić information content (AvgIpc) is 3.07. The molecule has 0 spiro atoms. The van der Waals surface area contributed by atoms with Crippen molar-refractivity contribution in [2.45, 2.75) is 6.54 Å². The normalized spacial score (nSPS) is 14.5. The van der Waals surface area contributed by atoms with Crippen molar-refractivity contribution in [3.63, 3.8) is 0 Å². The van der Waals surface area contributed by atoms with Crippen LogP contribution in [0.2, 0.25) is 0 Å². The summed E-state index contributed by atoms with van der Waals surface area (Å²) in [5.74, 6) is -0.0800. The van der Waals surface area contributed by atoms with Crippen LogP contribution in [0, 0.1) is 20.2 Å². The summed E-state index contributed by atoms with van der Waals surface area (Å²) in [5, 5.41) is 22.3. The van der Waals surface area contributed by atoms with Gasteiger partial charge in [0.05, 0.1) is 27.4 Å². The van der Waals surface area contributed by atoms with E-state index >= 15 is 0 Å². The highest BCUT2D eigenvalue weighted by Gasteiger charge is 2.32. The molecule has 1 aliphatic rings. The zero-order valence-electron chi connectivity index (χ0n) is 17.3. The van der Waals surface area contributed by atoms with Gasteiger partial charge in [0.25, 0.3) is 11.6 Å². The van der Waals surface area contributed by atoms with E-state index in [-0.39, 0.29) is 17.4 Å². The molecule has 0 saturated carbocycles. The molecule has 1 heterocycles. The maximum Gasteiger partial charge on any atom is 0.318 e. The van der Waals surface area contributed by atoms with E-state index in [9.17, 15) is 25.0 Å². The van der Waals surface area contributed by atoms with Crippen LogP contribution < -0.4 is 4.74 Å². The van der Waals surface area contributed by atoms with E-state index in [0.717, 1.165) is 17.7 Å². The second-order valence-electron chi connectivity index (χ2n) is 7.09. The van der Waals surface area contributed by atoms with E-state index in [4.69, 9.17) is 17.0 Å². The molecule has 9 nitrogen and oxygen atoms in total. The van der Waals surface area contributed by atoms with Gasteiger partial charge in [-0.3, -0.25) is 29.9 Å². The van der Waals surface area contributed by atoms with Gasteiger partial charge in [-0.25, -0.2) is 0 Å². The van der Waals surface area contributed by atoms with E-state index in [2.05, 4.69) is 0 Å². The van der Waals surface area contributed by atoms with Gasteiger partial charge in [0.1, 0.15) is 10.1 Å². The Bertz CT molecular complexity index is 1340. The van der Waals surface area contributed by atoms with Crippen molar-refractivity contribution in [1.29, 1.82) is 0 Å². The van der Waals surface area contributed by atoms with Gasteiger partial charge in [0.15, 0.2) is 0 Å². The van der Waals surface area contributed by atoms with Crippen LogP contribution in [-0.2, 0) is 11.3 Å². The Kier molecular flexibility index (Phi) is 6.66. The summed E-state index contributed by atoms with van der Waals surface area (Å²) < 4.78 is 6.09. The molecule has 0 unspecified atom stereocenters. The molecule has 1 amide bonds. The molecule has 34 heavy (non-hydrogen) atoms. The van der Waals surface area contributed by atoms with Gasteiger partial charge >= 0.3 is 5.69 Å². The Morgan fingerprint density at radius 2 is 1.74 bits per heavy atom. The molecule has 1 fully saturated rings. The minimum Gasteiger partial charge on any atom is -0.450 e. The number of nitro groups is 2. The molecule has 11 heteroatoms. The van der Waals surface area contributed by atoms with Gasteiger partial charge < -0.3 is 4.74 Å². The van der Waals surface area contributed by atoms with Crippen LogP contribution in [0.5, 0.6) is 11.5 Å². The summed E-state index contributed by atoms with van der Waals surface area (Å²) in [6.07, 6.45) is 1.67. The molecule has 1 aliphatic heterocycles. The van der Waals surface area contributed by atoms with E-state index < -0.39 is 21.2 Å². The number of hydrogen-bond donors (Lipinski definition) is 0. The second kappa shape index (κ2) is 9.81. The standard InChI is InChI=1S/C23H15N3O6S2/c27-22-21(34-23(33)24(22)14-15-5-2-1-3-6-15)12-16-7-4-8-18(11-16)32-20-10-9-17(25(28)29)13-19(20)26(30)31/h1-13H,14H2/b21-12-. The lowest BCUT2D eigenvalue weighted by atomic mass is 10.2. The molecule has 170 valence electrons. The number of thiocarbonyl (C=S) groups is 1. The third-order valence-corrected chi connectivity index (χ3v) is 6.17. The molecule has 4 rings (SSSR count). The number of thioether (sulfide) groups is 1. The second-order valence-corrected chi connectivity index (χ2v) is 8.77. The number of amides is 1. The first-order valence-electron chi connectivity index (χ1n) is 9.82. The van der Waals surface area contributed by atoms with Crippen molar-refractivity contribution in [2.75, 3.05) is 0 Å². The van der Waals surface area contributed by atoms with Crippen molar-refractivity contribution in [3.05, 3.63) is 109 Å². The molecular weight excluding hydrogens is 478 g/mol. The molecule has 0 atom stereocenters. The predicted octanol–water partition coefficient (Wildman–Crippen LogP) is 5.70. The van der Waals surface area contributed by atoms with Crippen molar-refractivity contribution < 1.29 is 19.4 Å². The number of hydrogen-bond acceptors (Lipinski definition) is 8. The predicted molar refractivity (Wildman–Crippen MR) is 131 cm³/mol. The van der Waals surface area contributed by atoms with Gasteiger partial charge in [-0.05, 0) is 35.4 Å². The van der Waals surface area contributed by atoms with E-state index in [0.29, 0.717) is 21.3 Å². The first-order valence-corrected chi connectivity index (χ1v) is 11.0. The fourth-order valence-corrected chi connectivity index (χ4v) is 4.45. The maximum absolute atomic E-state index is 12.9. The molecule has 1 saturated heterocycles. The monoisotopic (exact) mass is 493 g/mol. The molecule has 0 N–H and O–H groups in total. The zero-order chi connectivity index (χ0) is 24.2. The Morgan fingerprint density at radius 1 is 0.971 bits per heavy atom. The molecule has 0 aromatic heterocycles. The Balaban J connectivity index is 1.55. The fraction of sp³-hybridized carbons (Fsp3) is 0.0435. The first-order chi connectivity index (χ1) is 16.3. The number of nitrogens with zero attached hydrogens (tertiary/aromatic N) is 3. The van der Waals surface area contributed by atoms with E-state index in [1.165, 1.54) is 22.7 Å². The summed E-state index contributed by atoms with van der Waals surface area (Å²) in [4.78, 5) is 35.7. The molecule has 3 aromatic carbocycles. The topological polar surface area (TPSA) is 116 Å². The summed E-state index contributed by atoms with van der Waals surface area (Å²) in [6.45, 7) is 0.371. The fourth-order valence-electron chi connectivity index (χ4n) is 3.20. The number of carbonyl (C=O) groups excluding carboxylic acids is 1. The van der Waals surface area contributed by atoms with Crippen molar-refractivity contribution in [1.82, 2.24) is 4.90 Å². The SMILES string of the molecule is O=C1/C(=C/c2cccc(Oc3ccc([N+](=O)[O-])cc3[N+](=O)[O-])c2)SC(=S)N1Cc1ccccc1. The van der Waals surface area contributed by atoms with Crippen molar-refractivity contribution in [3.8, 4) is 11.5 Å². The highest BCUT2D eigenvalue weighted by molar-refractivity contribution is 8.26. The van der Waals surface area contributed by atoms with Gasteiger partial charge in [-0.15, -0.1) is 0 Å². The van der Waals surface area contributed by atoms with Crippen LogP contribution in [0.15, 0.2) is 77.7 Å². The Morgan fingerprint density at radius 3 is 2.44 bits per heavy atom. The minimum atomic E-state index is -0.746. The quantitative estimate of drug-likeness (QED) is 0.178. The van der Waals surface area contributed by atoms with Crippen LogP contribution in [0.4, 0.5) is 11.4 Å². The lowest BCUT2D eigenvalue weighted by Crippen LogP contribution is -2.27. The smallest absolute Gasteiger partial charge is 0.318 e. The molecular formula is C23H15N3O6S2. The highest BCUT2D eigenvalue weighted by atomic mass is 32.2. The van der Waals surface area contributed by atoms with Crippen LogP contribution >= 0.6 is 24.0 Å². The number of non-ortho nitro benzene ring substituents is 1. The zero-order valence-corrected chi connectivity index (χ0v) is 19.0. The summed E-state index contributed by atoms with van der Waals surface area (Å²) in [6, 6.07) is 19.3. The van der Waals surface area contributed by atoms with E-state index in [1.807, 2.05) is 30.3 Å². The average molecular weight is 494 g/mol. The highest BCUT2D eigenvalue weighted by Crippen LogP contribution is 2.36. The Hall–Kier alpha value is -4.09. The van der Waals surface area contributed by atoms with Crippen LogP contribution in [0.25, 0.3) is 6.08 Å². The lowest BCUT2D eigenvalue weighted by Gasteiger charge is -2.14. The lowest BCUT2D eigenvalue weighted by molar-refractivity contribution is -0.394. The third kappa shape index (κ3) is 5.11. The third-order valence-electron chi connectivity index (χ3n) is 4.79. The maximum atomic E-state index is 12.9. The molecule has 0 bridgehead atoms. The first kappa shape index (κ1) is 23.1. The molecule has 0 aliphatic carbocycles. The van der Waals surface area contributed by atoms with Gasteiger partial charge in [-0.2, -0.15) is 0 Å². The number of benzene rings is 3. The number of ether oxygens (including phenoxy) is 1. The number of carbonyl (C=O) groups is 1. The van der Waals surface area contributed by atoms with Crippen LogP contribution in [0.3, 0.4) is 0 Å². The van der Waals surface area contributed by atoms with Gasteiger partial charge in [-0.1, -0.05) is 66.4 Å². The van der Waals surface area contributed by atoms with Gasteiger partial charge in [0, 0.05) is 6.07 Å². The van der Waals surface area contributed by atoms with Crippen LogP contribution in [0.1, 0.15) is 11.1 Å². The number of rotatable bonds is 7. The summed E-state index contributed by atoms with van der Waals surface area (Å²) in [7, 11) is 0.